The van der Waals surface area contributed by atoms with Gasteiger partial charge < -0.3 is 24.5 Å². The number of hydrogen-bond acceptors (Lipinski definition) is 11. The van der Waals surface area contributed by atoms with Gasteiger partial charge in [-0.05, 0) is 92.9 Å². The van der Waals surface area contributed by atoms with Gasteiger partial charge in [0.1, 0.15) is 16.7 Å². The van der Waals surface area contributed by atoms with Crippen molar-refractivity contribution in [1.29, 1.82) is 0 Å². The molecule has 1 unspecified atom stereocenters. The zero-order valence-corrected chi connectivity index (χ0v) is 33.5. The molecule has 0 spiro atoms. The Hall–Kier alpha value is -4.27. The standard InChI is InChI=1S/C38H45N3O13S3/c42-37(41-16-10-24(11-17-41)38(43)44)27-8-1-9-34(57(51,52)53)36(27)35-28-20-25-6-2-12-39(14-4-18-55(45,46)47)30(25)22-32(28)54-33-23-31-26(21-29(33)35)7-3-13-40(31)15-5-19-56(48,49)50/h1,8-9,20-24,32H,2-7,10-19H2,(H,43,44)(H,45,46,47)(H,48,49,50)(H,51,52,53). The van der Waals surface area contributed by atoms with Crippen LogP contribution >= 0.6 is 0 Å². The number of hydrogen-bond donors (Lipinski definition) is 4. The quantitative estimate of drug-likeness (QED) is 0.223. The number of aryl methyl sites for hydroxylation is 1. The van der Waals surface area contributed by atoms with E-state index in [1.165, 1.54) is 23.1 Å². The number of anilines is 1. The average molecular weight is 848 g/mol. The molecule has 57 heavy (non-hydrogen) atoms. The maximum Gasteiger partial charge on any atom is 0.306 e. The van der Waals surface area contributed by atoms with Gasteiger partial charge in [0.25, 0.3) is 36.3 Å². The highest BCUT2D eigenvalue weighted by atomic mass is 32.2. The number of amides is 1. The molecule has 2 aromatic rings. The summed E-state index contributed by atoms with van der Waals surface area (Å²) in [4.78, 5) is 31.2. The van der Waals surface area contributed by atoms with Gasteiger partial charge in [-0.25, -0.2) is 0 Å². The Morgan fingerprint density at radius 2 is 1.47 bits per heavy atom. The van der Waals surface area contributed by atoms with Crippen LogP contribution in [0.2, 0.25) is 0 Å². The van der Waals surface area contributed by atoms with E-state index in [0.717, 1.165) is 28.9 Å². The van der Waals surface area contributed by atoms with E-state index in [-0.39, 0.29) is 49.9 Å². The summed E-state index contributed by atoms with van der Waals surface area (Å²) in [5.41, 5.74) is 4.65. The molecule has 2 saturated heterocycles. The largest absolute Gasteiger partial charge is 0.481 e. The molecule has 0 bridgehead atoms. The number of aliphatic carboxylic acids is 1. The summed E-state index contributed by atoms with van der Waals surface area (Å²) in [6, 6.07) is 7.81. The summed E-state index contributed by atoms with van der Waals surface area (Å²) >= 11 is 0. The topological polar surface area (TPSA) is 236 Å². The van der Waals surface area contributed by atoms with Gasteiger partial charge in [0.15, 0.2) is 0 Å². The van der Waals surface area contributed by atoms with Crippen LogP contribution in [0.1, 0.15) is 72.0 Å². The van der Waals surface area contributed by atoms with Gasteiger partial charge in [0.05, 0.1) is 17.4 Å². The number of nitrogens with zero attached hydrogens (tertiary/aromatic N) is 3. The third-order valence-electron chi connectivity index (χ3n) is 11.3. The van der Waals surface area contributed by atoms with E-state index in [4.69, 9.17) is 4.74 Å². The predicted molar refractivity (Wildman–Crippen MR) is 209 cm³/mol. The molecule has 19 heteroatoms. The van der Waals surface area contributed by atoms with Crippen LogP contribution in [0, 0.1) is 5.92 Å². The van der Waals surface area contributed by atoms with Gasteiger partial charge in [-0.15, -0.1) is 0 Å². The van der Waals surface area contributed by atoms with Gasteiger partial charge in [-0.3, -0.25) is 23.2 Å². The second kappa shape index (κ2) is 15.8. The Morgan fingerprint density at radius 1 is 0.825 bits per heavy atom. The van der Waals surface area contributed by atoms with E-state index in [2.05, 4.69) is 0 Å². The van der Waals surface area contributed by atoms with Crippen LogP contribution in [-0.2, 0) is 41.6 Å². The molecule has 1 atom stereocenters. The lowest BCUT2D eigenvalue weighted by Gasteiger charge is -2.40. The second-order valence-electron chi connectivity index (χ2n) is 15.1. The van der Waals surface area contributed by atoms with Gasteiger partial charge in [-0.2, -0.15) is 25.3 Å². The molecule has 0 saturated carbocycles. The fourth-order valence-corrected chi connectivity index (χ4v) is 10.4. The summed E-state index contributed by atoms with van der Waals surface area (Å²) < 4.78 is 109. The normalized spacial score (nSPS) is 20.1. The minimum atomic E-state index is -4.95. The van der Waals surface area contributed by atoms with Gasteiger partial charge in [0, 0.05) is 84.6 Å². The van der Waals surface area contributed by atoms with Crippen LogP contribution in [0.5, 0.6) is 5.75 Å². The molecule has 2 fully saturated rings. The molecule has 16 nitrogen and oxygen atoms in total. The van der Waals surface area contributed by atoms with Gasteiger partial charge >= 0.3 is 5.97 Å². The molecule has 7 rings (SSSR count). The maximum absolute atomic E-state index is 14.5. The average Bonchev–Trinajstić information content (AvgIpc) is 3.14. The first-order valence-electron chi connectivity index (χ1n) is 18.9. The van der Waals surface area contributed by atoms with Crippen LogP contribution in [-0.4, -0.2) is 123 Å². The van der Waals surface area contributed by atoms with Crippen LogP contribution in [0.4, 0.5) is 5.69 Å². The summed E-state index contributed by atoms with van der Waals surface area (Å²) in [6.45, 7) is 2.12. The molecular weight excluding hydrogens is 803 g/mol. The maximum atomic E-state index is 14.5. The molecule has 1 aliphatic carbocycles. The highest BCUT2D eigenvalue weighted by Crippen LogP contribution is 2.49. The van der Waals surface area contributed by atoms with E-state index >= 15 is 0 Å². The van der Waals surface area contributed by atoms with Crippen molar-refractivity contribution in [1.82, 2.24) is 9.80 Å². The number of allylic oxidation sites excluding steroid dienone is 1. The number of rotatable bonds is 12. The SMILES string of the molecule is O=C(O)C1CCN(C(=O)c2cccc(S(=O)(=O)O)c2C2=C3C=C4CCCN(CCCS(=O)(=O)O)C4=CC3Oc3cc4c(cc32)CCCN4CCCS(=O)(=O)O)CC1. The number of carboxylic acid groups (broad SMARTS) is 1. The molecule has 4 aliphatic heterocycles. The van der Waals surface area contributed by atoms with E-state index in [0.29, 0.717) is 67.9 Å². The van der Waals surface area contributed by atoms with Crippen molar-refractivity contribution in [3.63, 3.8) is 0 Å². The van der Waals surface area contributed by atoms with Crippen molar-refractivity contribution < 1.29 is 58.3 Å². The zero-order valence-electron chi connectivity index (χ0n) is 31.0. The summed E-state index contributed by atoms with van der Waals surface area (Å²) in [5.74, 6) is -2.59. The Morgan fingerprint density at radius 3 is 2.12 bits per heavy atom. The number of fused-ring (bicyclic) bond motifs is 4. The number of piperidine rings is 2. The number of carbonyl (C=O) groups excluding carboxylic acids is 1. The van der Waals surface area contributed by atoms with Gasteiger partial charge in [0.2, 0.25) is 0 Å². The molecule has 4 heterocycles. The lowest BCUT2D eigenvalue weighted by molar-refractivity contribution is -0.143. The Bertz CT molecular complexity index is 2420. The molecular formula is C38H45N3O13S3. The van der Waals surface area contributed by atoms with Crippen molar-refractivity contribution in [2.24, 2.45) is 5.92 Å². The fraction of sp³-hybridized carbons (Fsp3) is 0.474. The second-order valence-corrected chi connectivity index (χ2v) is 19.6. The Labute approximate surface area is 331 Å². The first-order valence-corrected chi connectivity index (χ1v) is 23.6. The molecule has 0 radical (unpaired) electrons. The van der Waals surface area contributed by atoms with Crippen molar-refractivity contribution >= 4 is 53.5 Å². The Kier molecular flexibility index (Phi) is 11.4. The fourth-order valence-electron chi connectivity index (χ4n) is 8.66. The smallest absolute Gasteiger partial charge is 0.306 e. The molecule has 2 aromatic carbocycles. The van der Waals surface area contributed by atoms with Crippen molar-refractivity contribution in [3.05, 3.63) is 81.6 Å². The van der Waals surface area contributed by atoms with Crippen LogP contribution in [0.3, 0.4) is 0 Å². The van der Waals surface area contributed by atoms with E-state index < -0.39 is 70.7 Å². The third-order valence-corrected chi connectivity index (χ3v) is 13.8. The lowest BCUT2D eigenvalue weighted by Crippen LogP contribution is -2.40. The first-order chi connectivity index (χ1) is 26.9. The summed E-state index contributed by atoms with van der Waals surface area (Å²) in [5, 5.41) is 9.57. The summed E-state index contributed by atoms with van der Waals surface area (Å²) in [7, 11) is -13.3. The molecule has 0 aromatic heterocycles. The Balaban J connectivity index is 1.40. The highest BCUT2D eigenvalue weighted by molar-refractivity contribution is 7.86. The van der Waals surface area contributed by atoms with E-state index in [1.54, 1.807) is 0 Å². The summed E-state index contributed by atoms with van der Waals surface area (Å²) in [6.07, 6.45) is 6.39. The van der Waals surface area contributed by atoms with Crippen LogP contribution in [0.25, 0.3) is 5.57 Å². The van der Waals surface area contributed by atoms with Crippen LogP contribution in [0.15, 0.2) is 64.2 Å². The van der Waals surface area contributed by atoms with E-state index in [9.17, 15) is 53.6 Å². The minimum Gasteiger partial charge on any atom is -0.481 e. The van der Waals surface area contributed by atoms with Gasteiger partial charge in [-0.1, -0.05) is 6.07 Å². The minimum absolute atomic E-state index is 0.00113. The third kappa shape index (κ3) is 8.92. The number of ether oxygens (including phenoxy) is 1. The molecule has 1 amide bonds. The monoisotopic (exact) mass is 847 g/mol. The van der Waals surface area contributed by atoms with Crippen molar-refractivity contribution in [3.8, 4) is 5.75 Å². The molecule has 4 N–H and O–H groups in total. The lowest BCUT2D eigenvalue weighted by atomic mass is 9.80. The number of carbonyl (C=O) groups is 2. The van der Waals surface area contributed by atoms with E-state index in [1.807, 2.05) is 34.1 Å². The molecule has 5 aliphatic rings. The first kappa shape index (κ1) is 40.9. The predicted octanol–water partition coefficient (Wildman–Crippen LogP) is 3.66. The van der Waals surface area contributed by atoms with Crippen molar-refractivity contribution in [2.45, 2.75) is 62.4 Å². The number of likely N-dealkylation sites (tertiary alicyclic amines) is 2. The van der Waals surface area contributed by atoms with Crippen LogP contribution < -0.4 is 9.64 Å². The zero-order chi connectivity index (χ0) is 40.9. The highest BCUT2D eigenvalue weighted by Gasteiger charge is 2.39. The number of carboxylic acids is 1. The molecule has 308 valence electrons. The number of benzene rings is 2. The van der Waals surface area contributed by atoms with Crippen molar-refractivity contribution in [2.75, 3.05) is 55.7 Å².